The van der Waals surface area contributed by atoms with Crippen LogP contribution < -0.4 is 5.32 Å². The first-order chi connectivity index (χ1) is 16.8. The van der Waals surface area contributed by atoms with E-state index in [-0.39, 0.29) is 18.9 Å². The van der Waals surface area contributed by atoms with Gasteiger partial charge in [-0.3, -0.25) is 19.4 Å². The number of rotatable bonds is 12. The number of aryl methyl sites for hydroxylation is 1. The van der Waals surface area contributed by atoms with E-state index in [9.17, 15) is 18.8 Å². The van der Waals surface area contributed by atoms with Crippen molar-refractivity contribution in [1.82, 2.24) is 10.3 Å². The number of ether oxygens (including phenoxy) is 1. The molecule has 0 bridgehead atoms. The predicted molar refractivity (Wildman–Crippen MR) is 129 cm³/mol. The average molecular weight is 488 g/mol. The molecule has 0 spiro atoms. The largest absolute Gasteiger partial charge is 0.466 e. The number of esters is 1. The van der Waals surface area contributed by atoms with Crippen molar-refractivity contribution >= 4 is 29.4 Å². The minimum atomic E-state index is -1.42. The molecule has 8 nitrogen and oxygen atoms in total. The van der Waals surface area contributed by atoms with Gasteiger partial charge in [-0.15, -0.1) is 0 Å². The summed E-state index contributed by atoms with van der Waals surface area (Å²) in [6, 6.07) is 0.621. The van der Waals surface area contributed by atoms with Crippen molar-refractivity contribution in [2.75, 3.05) is 13.3 Å². The summed E-state index contributed by atoms with van der Waals surface area (Å²) < 4.78 is 18.4. The van der Waals surface area contributed by atoms with E-state index in [1.54, 1.807) is 20.0 Å². The maximum atomic E-state index is 13.4. The monoisotopic (exact) mass is 487 g/mol. The molecule has 1 amide bonds. The van der Waals surface area contributed by atoms with Gasteiger partial charge in [0.1, 0.15) is 18.4 Å². The van der Waals surface area contributed by atoms with Crippen molar-refractivity contribution in [3.8, 4) is 0 Å². The van der Waals surface area contributed by atoms with Crippen LogP contribution in [0.25, 0.3) is 6.08 Å². The number of hydrogen-bond donors (Lipinski definition) is 1. The number of nitrogens with one attached hydrogen (secondary N) is 1. The van der Waals surface area contributed by atoms with Crippen LogP contribution in [0.15, 0.2) is 23.5 Å². The summed E-state index contributed by atoms with van der Waals surface area (Å²) in [5.41, 5.74) is 1.87. The Morgan fingerprint density at radius 2 is 2.09 bits per heavy atom. The van der Waals surface area contributed by atoms with Crippen molar-refractivity contribution in [1.29, 1.82) is 0 Å². The molecular weight excluding hydrogens is 453 g/mol. The number of carbonyl (C=O) groups is 3. The number of alkyl halides is 1. The topological polar surface area (TPSA) is 107 Å². The zero-order chi connectivity index (χ0) is 25.4. The number of Topliss-reactive ketones (excluding diaryl/α,β-unsaturated/α-hetero) is 1. The zero-order valence-electron chi connectivity index (χ0n) is 20.6. The van der Waals surface area contributed by atoms with Crippen molar-refractivity contribution in [2.24, 2.45) is 11.1 Å². The molecule has 0 saturated heterocycles. The Hall–Kier alpha value is -3.10. The highest BCUT2D eigenvalue weighted by molar-refractivity contribution is 6.07. The van der Waals surface area contributed by atoms with Crippen LogP contribution in [0.4, 0.5) is 4.39 Å². The van der Waals surface area contributed by atoms with E-state index in [0.717, 1.165) is 36.8 Å². The summed E-state index contributed by atoms with van der Waals surface area (Å²) >= 11 is 0. The van der Waals surface area contributed by atoms with Crippen LogP contribution in [0.1, 0.15) is 76.1 Å². The normalized spacial score (nSPS) is 19.5. The molecule has 0 saturated carbocycles. The van der Waals surface area contributed by atoms with E-state index in [1.165, 1.54) is 0 Å². The number of carbonyl (C=O) groups excluding carboxylic acids is 3. The van der Waals surface area contributed by atoms with Crippen LogP contribution in [-0.4, -0.2) is 53.3 Å². The molecule has 35 heavy (non-hydrogen) atoms. The zero-order valence-corrected chi connectivity index (χ0v) is 20.6. The van der Waals surface area contributed by atoms with Crippen molar-refractivity contribution in [3.05, 3.63) is 35.2 Å². The predicted octanol–water partition coefficient (Wildman–Crippen LogP) is 3.71. The number of halogens is 1. The van der Waals surface area contributed by atoms with Gasteiger partial charge in [-0.2, -0.15) is 0 Å². The summed E-state index contributed by atoms with van der Waals surface area (Å²) in [6.45, 7) is 4.55. The molecule has 0 fully saturated rings. The number of ketones is 1. The molecule has 9 heteroatoms. The smallest absolute Gasteiger partial charge is 0.308 e. The molecule has 1 aliphatic heterocycles. The summed E-state index contributed by atoms with van der Waals surface area (Å²) in [5, 5.41) is 6.75. The van der Waals surface area contributed by atoms with Gasteiger partial charge in [0.15, 0.2) is 5.78 Å². The van der Waals surface area contributed by atoms with Gasteiger partial charge in [0.25, 0.3) is 5.91 Å². The molecule has 3 rings (SSSR count). The maximum Gasteiger partial charge on any atom is 0.308 e. The van der Waals surface area contributed by atoms with Gasteiger partial charge >= 0.3 is 5.97 Å². The van der Waals surface area contributed by atoms with E-state index in [0.29, 0.717) is 17.8 Å². The summed E-state index contributed by atoms with van der Waals surface area (Å²) in [5.74, 6) is -2.52. The second-order valence-electron chi connectivity index (χ2n) is 9.28. The minimum Gasteiger partial charge on any atom is -0.466 e. The van der Waals surface area contributed by atoms with Gasteiger partial charge in [-0.1, -0.05) is 50.9 Å². The summed E-state index contributed by atoms with van der Waals surface area (Å²) in [6.07, 6.45) is 9.89. The van der Waals surface area contributed by atoms with E-state index in [2.05, 4.69) is 21.5 Å². The number of aromatic nitrogens is 1. The number of oxime groups is 1. The summed E-state index contributed by atoms with van der Waals surface area (Å²) in [7, 11) is 0. The fourth-order valence-corrected chi connectivity index (χ4v) is 4.24. The number of pyridine rings is 1. The molecule has 0 aromatic carbocycles. The van der Waals surface area contributed by atoms with Gasteiger partial charge in [0.2, 0.25) is 5.60 Å². The number of unbranched alkanes of at least 4 members (excludes halogenated alkanes) is 2. The second kappa shape index (κ2) is 12.0. The fourth-order valence-electron chi connectivity index (χ4n) is 4.24. The first-order valence-corrected chi connectivity index (χ1v) is 12.3. The number of nitrogens with zero attached hydrogens (tertiary/aromatic N) is 2. The Morgan fingerprint density at radius 1 is 1.29 bits per heavy atom. The van der Waals surface area contributed by atoms with Gasteiger partial charge in [-0.25, -0.2) is 4.39 Å². The van der Waals surface area contributed by atoms with Crippen molar-refractivity contribution in [2.45, 2.75) is 77.4 Å². The van der Waals surface area contributed by atoms with Crippen LogP contribution in [0, 0.1) is 5.92 Å². The third-order valence-electron chi connectivity index (χ3n) is 6.49. The van der Waals surface area contributed by atoms with E-state index < -0.39 is 42.4 Å². The number of allylic oxidation sites excluding steroid dienone is 1. The Balaban J connectivity index is 1.74. The molecule has 2 heterocycles. The number of amides is 1. The maximum absolute atomic E-state index is 13.4. The van der Waals surface area contributed by atoms with Crippen LogP contribution in [0.5, 0.6) is 0 Å². The van der Waals surface area contributed by atoms with E-state index in [1.807, 2.05) is 19.1 Å². The SMILES string of the molecule is CCCCCOC(=O)C[C@H](NC(=O)C1(C(C)C)CC(c2nccc3c2C=CCC3)=NO1)C(=O)CF. The fraction of sp³-hybridized carbons (Fsp3) is 0.577. The molecule has 1 N–H and O–H groups in total. The quantitative estimate of drug-likeness (QED) is 0.356. The molecule has 2 aliphatic rings. The molecule has 1 unspecified atom stereocenters. The molecular formula is C26H34FN3O5. The third-order valence-corrected chi connectivity index (χ3v) is 6.49. The molecule has 1 aromatic rings. The minimum absolute atomic E-state index is 0.131. The van der Waals surface area contributed by atoms with Crippen LogP contribution in [-0.2, 0) is 30.4 Å². The Kier molecular flexibility index (Phi) is 9.12. The van der Waals surface area contributed by atoms with Crippen LogP contribution >= 0.6 is 0 Å². The summed E-state index contributed by atoms with van der Waals surface area (Å²) in [4.78, 5) is 48.0. The first-order valence-electron chi connectivity index (χ1n) is 12.3. The molecule has 190 valence electrons. The lowest BCUT2D eigenvalue weighted by atomic mass is 9.83. The van der Waals surface area contributed by atoms with Gasteiger partial charge < -0.3 is 14.9 Å². The van der Waals surface area contributed by atoms with Gasteiger partial charge in [-0.05, 0) is 30.9 Å². The standard InChI is InChI=1S/C26H34FN3O5/c1-4-5-8-13-34-23(32)14-20(22(31)16-27)29-25(33)26(17(2)3)15-21(30-35-26)24-19-10-7-6-9-18(19)11-12-28-24/h7,10-12,17,20H,4-6,8-9,13-16H2,1-3H3,(H,29,33)/t20-,26?/m0/s1. The van der Waals surface area contributed by atoms with Crippen molar-refractivity contribution < 1.29 is 28.3 Å². The molecule has 0 radical (unpaired) electrons. The van der Waals surface area contributed by atoms with Crippen LogP contribution in [0.3, 0.4) is 0 Å². The van der Waals surface area contributed by atoms with Gasteiger partial charge in [0.05, 0.1) is 18.7 Å². The third kappa shape index (κ3) is 6.13. The lowest BCUT2D eigenvalue weighted by Gasteiger charge is -2.30. The lowest BCUT2D eigenvalue weighted by molar-refractivity contribution is -0.153. The van der Waals surface area contributed by atoms with Gasteiger partial charge in [0, 0.05) is 24.1 Å². The molecule has 1 aromatic heterocycles. The van der Waals surface area contributed by atoms with Crippen molar-refractivity contribution in [3.63, 3.8) is 0 Å². The Bertz CT molecular complexity index is 1010. The van der Waals surface area contributed by atoms with E-state index in [4.69, 9.17) is 9.57 Å². The first kappa shape index (κ1) is 26.5. The van der Waals surface area contributed by atoms with E-state index >= 15 is 0 Å². The highest BCUT2D eigenvalue weighted by Gasteiger charge is 2.51. The molecule has 1 aliphatic carbocycles. The molecule has 2 atom stereocenters. The highest BCUT2D eigenvalue weighted by atomic mass is 19.1. The number of fused-ring (bicyclic) bond motifs is 1. The Morgan fingerprint density at radius 3 is 2.80 bits per heavy atom. The number of hydrogen-bond acceptors (Lipinski definition) is 7. The highest BCUT2D eigenvalue weighted by Crippen LogP contribution is 2.35. The lowest BCUT2D eigenvalue weighted by Crippen LogP contribution is -2.55. The van der Waals surface area contributed by atoms with Crippen LogP contribution in [0.2, 0.25) is 0 Å². The Labute approximate surface area is 205 Å². The second-order valence-corrected chi connectivity index (χ2v) is 9.28. The average Bonchev–Trinajstić information content (AvgIpc) is 3.32.